The van der Waals surface area contributed by atoms with Crippen LogP contribution in [0.5, 0.6) is 0 Å². The van der Waals surface area contributed by atoms with Crippen molar-refractivity contribution in [2.24, 2.45) is 4.99 Å². The third kappa shape index (κ3) is 2.51. The van der Waals surface area contributed by atoms with Crippen molar-refractivity contribution >= 4 is 43.9 Å². The lowest BCUT2D eigenvalue weighted by molar-refractivity contribution is -0.384. The topological polar surface area (TPSA) is 68.4 Å². The summed E-state index contributed by atoms with van der Waals surface area (Å²) in [5.74, 6) is 0. The van der Waals surface area contributed by atoms with Crippen molar-refractivity contribution in [2.75, 3.05) is 0 Å². The van der Waals surface area contributed by atoms with E-state index in [9.17, 15) is 10.1 Å². The summed E-state index contributed by atoms with van der Waals surface area (Å²) in [5.41, 5.74) is 1.03. The maximum atomic E-state index is 10.9. The van der Waals surface area contributed by atoms with Gasteiger partial charge in [0.2, 0.25) is 0 Å². The number of halogens is 1. The van der Waals surface area contributed by atoms with Gasteiger partial charge in [-0.2, -0.15) is 4.37 Å². The number of para-hydroxylation sites is 1. The Labute approximate surface area is 109 Å². The van der Waals surface area contributed by atoms with Crippen molar-refractivity contribution in [1.29, 1.82) is 0 Å². The molecular formula is C9H6ClN3O2S2. The predicted octanol–water partition coefficient (Wildman–Crippen LogP) is 3.31. The van der Waals surface area contributed by atoms with Crippen LogP contribution in [0.4, 0.5) is 11.4 Å². The lowest BCUT2D eigenvalue weighted by Crippen LogP contribution is -1.96. The quantitative estimate of drug-likeness (QED) is 0.483. The van der Waals surface area contributed by atoms with E-state index in [4.69, 9.17) is 11.6 Å². The van der Waals surface area contributed by atoms with Gasteiger partial charge in [0.15, 0.2) is 9.82 Å². The fourth-order valence-electron chi connectivity index (χ4n) is 1.26. The zero-order valence-electron chi connectivity index (χ0n) is 8.58. The Balaban J connectivity index is 2.68. The number of rotatable bonds is 2. The molecule has 0 unspecified atom stereocenters. The molecule has 2 aromatic rings. The summed E-state index contributed by atoms with van der Waals surface area (Å²) in [4.78, 5) is 14.7. The van der Waals surface area contributed by atoms with Gasteiger partial charge in [0.25, 0.3) is 5.69 Å². The molecule has 8 heteroatoms. The van der Waals surface area contributed by atoms with Crippen LogP contribution >= 0.6 is 32.5 Å². The molecule has 0 atom stereocenters. The van der Waals surface area contributed by atoms with E-state index in [1.165, 1.54) is 26.9 Å². The molecule has 0 fully saturated rings. The molecule has 0 spiro atoms. The summed E-state index contributed by atoms with van der Waals surface area (Å²) < 4.78 is 4.37. The lowest BCUT2D eigenvalue weighted by atomic mass is 10.2. The second-order valence-corrected chi connectivity index (χ2v) is 5.35. The first-order chi connectivity index (χ1) is 8.09. The summed E-state index contributed by atoms with van der Waals surface area (Å²) in [6.45, 7) is 1.77. The van der Waals surface area contributed by atoms with E-state index in [1.807, 2.05) is 0 Å². The second-order valence-electron chi connectivity index (χ2n) is 3.16. The Bertz CT molecular complexity index is 635. The van der Waals surface area contributed by atoms with E-state index in [0.29, 0.717) is 10.4 Å². The van der Waals surface area contributed by atoms with Crippen LogP contribution in [0.3, 0.4) is 0 Å². The third-order valence-corrected chi connectivity index (χ3v) is 4.21. The molecule has 0 radical (unpaired) electrons. The summed E-state index contributed by atoms with van der Waals surface area (Å²) in [5, 5.41) is 11.2. The fraction of sp³-hybridized carbons (Fsp3) is 0.111. The molecule has 0 amide bonds. The molecule has 0 bridgehead atoms. The molecule has 0 aliphatic rings. The zero-order chi connectivity index (χ0) is 12.4. The summed E-state index contributed by atoms with van der Waals surface area (Å²) >= 11 is 5.82. The van der Waals surface area contributed by atoms with Gasteiger partial charge in [0.1, 0.15) is 5.69 Å². The number of nitro groups is 1. The highest BCUT2D eigenvalue weighted by atomic mass is 35.5. The monoisotopic (exact) mass is 287 g/mol. The first-order valence-electron chi connectivity index (χ1n) is 4.50. The minimum atomic E-state index is -0.454. The van der Waals surface area contributed by atoms with Gasteiger partial charge >= 0.3 is 0 Å². The summed E-state index contributed by atoms with van der Waals surface area (Å²) in [6, 6.07) is 4.82. The fourth-order valence-corrected chi connectivity index (χ4v) is 3.24. The standard InChI is InChI=1S/C9H6ClN3O2S2/c1-5-3-2-4-6(13(14)15)7(5)11-9-8(10)12-17-16-9/h2-4H,1H3. The van der Waals surface area contributed by atoms with Gasteiger partial charge in [-0.3, -0.25) is 10.1 Å². The number of aromatic nitrogens is 1. The Morgan fingerprint density at radius 2 is 2.29 bits per heavy atom. The Hall–Kier alpha value is -1.31. The first kappa shape index (κ1) is 12.2. The van der Waals surface area contributed by atoms with Gasteiger partial charge in [-0.05, 0) is 22.8 Å². The minimum Gasteiger partial charge on any atom is -0.258 e. The molecule has 0 aliphatic carbocycles. The molecular weight excluding hydrogens is 282 g/mol. The van der Waals surface area contributed by atoms with Crippen LogP contribution in [0.1, 0.15) is 5.56 Å². The minimum absolute atomic E-state index is 0.0283. The maximum Gasteiger partial charge on any atom is 0.295 e. The van der Waals surface area contributed by atoms with Gasteiger partial charge in [-0.15, -0.1) is 0 Å². The van der Waals surface area contributed by atoms with E-state index >= 15 is 0 Å². The molecule has 0 saturated heterocycles. The Morgan fingerprint density at radius 1 is 1.53 bits per heavy atom. The van der Waals surface area contributed by atoms with Crippen LogP contribution in [0.25, 0.3) is 0 Å². The van der Waals surface area contributed by atoms with Gasteiger partial charge in [-0.1, -0.05) is 23.7 Å². The molecule has 88 valence electrons. The van der Waals surface area contributed by atoms with E-state index in [1.54, 1.807) is 19.1 Å². The lowest BCUT2D eigenvalue weighted by Gasteiger charge is -1.99. The van der Waals surface area contributed by atoms with E-state index in [0.717, 1.165) is 5.56 Å². The SMILES string of the molecule is Cc1cccc([N+](=O)[O-])c1N=c1ssnc1Cl. The summed E-state index contributed by atoms with van der Waals surface area (Å²) in [6.07, 6.45) is 0. The molecule has 1 heterocycles. The highest BCUT2D eigenvalue weighted by molar-refractivity contribution is 7.66. The van der Waals surface area contributed by atoms with Crippen LogP contribution in [0.15, 0.2) is 23.2 Å². The molecule has 17 heavy (non-hydrogen) atoms. The van der Waals surface area contributed by atoms with Crippen molar-refractivity contribution in [3.8, 4) is 0 Å². The van der Waals surface area contributed by atoms with Crippen molar-refractivity contribution in [3.63, 3.8) is 0 Å². The first-order valence-corrected chi connectivity index (χ1v) is 6.98. The zero-order valence-corrected chi connectivity index (χ0v) is 11.0. The highest BCUT2D eigenvalue weighted by Crippen LogP contribution is 2.30. The molecule has 5 nitrogen and oxygen atoms in total. The molecule has 0 saturated carbocycles. The van der Waals surface area contributed by atoms with Gasteiger partial charge in [-0.25, -0.2) is 4.99 Å². The van der Waals surface area contributed by atoms with Gasteiger partial charge in [0, 0.05) is 16.6 Å². The average molecular weight is 288 g/mol. The smallest absolute Gasteiger partial charge is 0.258 e. The number of aryl methyl sites for hydroxylation is 1. The Morgan fingerprint density at radius 3 is 2.88 bits per heavy atom. The number of hydrogen-bond acceptors (Lipinski definition) is 6. The predicted molar refractivity (Wildman–Crippen MR) is 68.1 cm³/mol. The van der Waals surface area contributed by atoms with E-state index in [-0.39, 0.29) is 10.8 Å². The summed E-state index contributed by atoms with van der Waals surface area (Å²) in [7, 11) is 2.48. The largest absolute Gasteiger partial charge is 0.295 e. The normalized spacial score (nSPS) is 11.8. The van der Waals surface area contributed by atoms with E-state index < -0.39 is 4.92 Å². The van der Waals surface area contributed by atoms with Gasteiger partial charge < -0.3 is 0 Å². The number of nitrogens with zero attached hydrogens (tertiary/aromatic N) is 3. The molecule has 2 rings (SSSR count). The van der Waals surface area contributed by atoms with Crippen LogP contribution in [0.2, 0.25) is 5.15 Å². The van der Waals surface area contributed by atoms with Gasteiger partial charge in [0.05, 0.1) is 4.92 Å². The van der Waals surface area contributed by atoms with E-state index in [2.05, 4.69) is 9.37 Å². The number of benzene rings is 1. The highest BCUT2D eigenvalue weighted by Gasteiger charge is 2.15. The maximum absolute atomic E-state index is 10.9. The molecule has 0 N–H and O–H groups in total. The molecule has 1 aromatic heterocycles. The van der Waals surface area contributed by atoms with Crippen molar-refractivity contribution in [3.05, 3.63) is 43.7 Å². The van der Waals surface area contributed by atoms with Crippen molar-refractivity contribution < 1.29 is 4.92 Å². The molecule has 1 aromatic carbocycles. The van der Waals surface area contributed by atoms with Crippen LogP contribution in [-0.2, 0) is 0 Å². The van der Waals surface area contributed by atoms with Crippen molar-refractivity contribution in [2.45, 2.75) is 6.92 Å². The van der Waals surface area contributed by atoms with Crippen LogP contribution < -0.4 is 4.67 Å². The van der Waals surface area contributed by atoms with Crippen molar-refractivity contribution in [1.82, 2.24) is 4.37 Å². The average Bonchev–Trinajstić information content (AvgIpc) is 2.67. The number of hydrogen-bond donors (Lipinski definition) is 0. The second kappa shape index (κ2) is 4.91. The Kier molecular flexibility index (Phi) is 3.51. The van der Waals surface area contributed by atoms with Crippen LogP contribution in [-0.4, -0.2) is 9.30 Å². The van der Waals surface area contributed by atoms with Crippen LogP contribution in [0, 0.1) is 17.0 Å². The molecule has 0 aliphatic heterocycles. The third-order valence-electron chi connectivity index (χ3n) is 2.04. The number of nitro benzene ring substituents is 1.